The Morgan fingerprint density at radius 2 is 1.79 bits per heavy atom. The SMILES string of the molecule is Cc1ccc(C)c(NC(=O)c2cnc(N(Cc3ccccc3)C(C)C)cn2)c1. The zero-order valence-corrected chi connectivity index (χ0v) is 16.8. The van der Waals surface area contributed by atoms with E-state index in [-0.39, 0.29) is 11.9 Å². The molecular formula is C23H26N4O. The third-order valence-electron chi connectivity index (χ3n) is 4.63. The third kappa shape index (κ3) is 4.74. The molecule has 0 atom stereocenters. The summed E-state index contributed by atoms with van der Waals surface area (Å²) in [5.41, 5.74) is 4.40. The van der Waals surface area contributed by atoms with Crippen LogP contribution in [0.5, 0.6) is 0 Å². The van der Waals surface area contributed by atoms with Gasteiger partial charge in [0.05, 0.1) is 12.4 Å². The number of carbonyl (C=O) groups excluding carboxylic acids is 1. The summed E-state index contributed by atoms with van der Waals surface area (Å²) in [6.07, 6.45) is 3.21. The lowest BCUT2D eigenvalue weighted by molar-refractivity contribution is 0.102. The van der Waals surface area contributed by atoms with Gasteiger partial charge < -0.3 is 10.2 Å². The van der Waals surface area contributed by atoms with Crippen molar-refractivity contribution >= 4 is 17.4 Å². The number of rotatable bonds is 6. The lowest BCUT2D eigenvalue weighted by Gasteiger charge is -2.27. The summed E-state index contributed by atoms with van der Waals surface area (Å²) < 4.78 is 0. The van der Waals surface area contributed by atoms with Crippen LogP contribution in [-0.4, -0.2) is 21.9 Å². The van der Waals surface area contributed by atoms with E-state index in [0.29, 0.717) is 5.69 Å². The van der Waals surface area contributed by atoms with E-state index in [2.05, 4.69) is 46.2 Å². The smallest absolute Gasteiger partial charge is 0.275 e. The van der Waals surface area contributed by atoms with Crippen LogP contribution in [0.1, 0.15) is 41.0 Å². The third-order valence-corrected chi connectivity index (χ3v) is 4.63. The predicted octanol–water partition coefficient (Wildman–Crippen LogP) is 4.76. The Balaban J connectivity index is 1.75. The van der Waals surface area contributed by atoms with Crippen LogP contribution in [-0.2, 0) is 6.54 Å². The summed E-state index contributed by atoms with van der Waals surface area (Å²) >= 11 is 0. The van der Waals surface area contributed by atoms with Gasteiger partial charge in [0.25, 0.3) is 5.91 Å². The van der Waals surface area contributed by atoms with Crippen molar-refractivity contribution in [2.75, 3.05) is 10.2 Å². The van der Waals surface area contributed by atoms with Gasteiger partial charge in [-0.1, -0.05) is 42.5 Å². The molecule has 0 bridgehead atoms. The first-order valence-corrected chi connectivity index (χ1v) is 9.45. The van der Waals surface area contributed by atoms with E-state index in [1.807, 2.05) is 50.2 Å². The van der Waals surface area contributed by atoms with Crippen LogP contribution in [0.15, 0.2) is 60.9 Å². The highest BCUT2D eigenvalue weighted by molar-refractivity contribution is 6.03. The van der Waals surface area contributed by atoms with Crippen LogP contribution in [0, 0.1) is 13.8 Å². The van der Waals surface area contributed by atoms with Crippen molar-refractivity contribution in [1.82, 2.24) is 9.97 Å². The second-order valence-electron chi connectivity index (χ2n) is 7.24. The number of benzene rings is 2. The summed E-state index contributed by atoms with van der Waals surface area (Å²) in [4.78, 5) is 23.6. The number of nitrogens with one attached hydrogen (secondary N) is 1. The monoisotopic (exact) mass is 374 g/mol. The first-order valence-electron chi connectivity index (χ1n) is 9.45. The first kappa shape index (κ1) is 19.5. The zero-order valence-electron chi connectivity index (χ0n) is 16.8. The van der Waals surface area contributed by atoms with E-state index < -0.39 is 0 Å². The Hall–Kier alpha value is -3.21. The van der Waals surface area contributed by atoms with Crippen molar-refractivity contribution < 1.29 is 4.79 Å². The summed E-state index contributed by atoms with van der Waals surface area (Å²) in [5.74, 6) is 0.494. The highest BCUT2D eigenvalue weighted by atomic mass is 16.1. The van der Waals surface area contributed by atoms with Crippen LogP contribution < -0.4 is 10.2 Å². The second-order valence-corrected chi connectivity index (χ2v) is 7.24. The maximum Gasteiger partial charge on any atom is 0.275 e. The van der Waals surface area contributed by atoms with Gasteiger partial charge in [-0.2, -0.15) is 0 Å². The second kappa shape index (κ2) is 8.65. The molecule has 0 fully saturated rings. The summed E-state index contributed by atoms with van der Waals surface area (Å²) in [6, 6.07) is 16.5. The molecule has 28 heavy (non-hydrogen) atoms. The normalized spacial score (nSPS) is 10.8. The van der Waals surface area contributed by atoms with Gasteiger partial charge in [0, 0.05) is 18.3 Å². The molecule has 1 amide bonds. The van der Waals surface area contributed by atoms with Crippen LogP contribution in [0.25, 0.3) is 0 Å². The molecule has 0 aliphatic heterocycles. The summed E-state index contributed by atoms with van der Waals surface area (Å²) in [6.45, 7) is 8.93. The molecule has 3 aromatic rings. The lowest BCUT2D eigenvalue weighted by Crippen LogP contribution is -2.31. The van der Waals surface area contributed by atoms with Crippen molar-refractivity contribution in [3.8, 4) is 0 Å². The van der Waals surface area contributed by atoms with E-state index >= 15 is 0 Å². The molecule has 0 saturated carbocycles. The Morgan fingerprint density at radius 3 is 2.43 bits per heavy atom. The number of hydrogen-bond donors (Lipinski definition) is 1. The number of nitrogens with zero attached hydrogens (tertiary/aromatic N) is 3. The number of amides is 1. The molecule has 5 heteroatoms. The van der Waals surface area contributed by atoms with Crippen molar-refractivity contribution in [3.63, 3.8) is 0 Å². The molecule has 3 rings (SSSR count). The van der Waals surface area contributed by atoms with Crippen LogP contribution >= 0.6 is 0 Å². The van der Waals surface area contributed by atoms with Crippen molar-refractivity contribution in [2.45, 2.75) is 40.3 Å². The fraction of sp³-hybridized carbons (Fsp3) is 0.261. The first-order chi connectivity index (χ1) is 13.4. The zero-order chi connectivity index (χ0) is 20.1. The quantitative estimate of drug-likeness (QED) is 0.676. The average Bonchev–Trinajstić information content (AvgIpc) is 2.69. The highest BCUT2D eigenvalue weighted by Crippen LogP contribution is 2.19. The van der Waals surface area contributed by atoms with Gasteiger partial charge in [0.2, 0.25) is 0 Å². The predicted molar refractivity (Wildman–Crippen MR) is 114 cm³/mol. The van der Waals surface area contributed by atoms with E-state index in [9.17, 15) is 4.79 Å². The lowest BCUT2D eigenvalue weighted by atomic mass is 10.1. The minimum Gasteiger partial charge on any atom is -0.349 e. The van der Waals surface area contributed by atoms with Gasteiger partial charge in [0.1, 0.15) is 11.5 Å². The largest absolute Gasteiger partial charge is 0.349 e. The molecule has 0 radical (unpaired) electrons. The fourth-order valence-electron chi connectivity index (χ4n) is 2.95. The number of anilines is 2. The van der Waals surface area contributed by atoms with Crippen molar-refractivity contribution in [2.24, 2.45) is 0 Å². The minimum atomic E-state index is -0.257. The van der Waals surface area contributed by atoms with Gasteiger partial charge in [0.15, 0.2) is 0 Å². The Kier molecular flexibility index (Phi) is 6.04. The van der Waals surface area contributed by atoms with E-state index in [1.54, 1.807) is 6.20 Å². The Morgan fingerprint density at radius 1 is 1.04 bits per heavy atom. The Bertz CT molecular complexity index is 937. The van der Waals surface area contributed by atoms with Gasteiger partial charge in [-0.3, -0.25) is 4.79 Å². The highest BCUT2D eigenvalue weighted by Gasteiger charge is 2.15. The topological polar surface area (TPSA) is 58.1 Å². The summed E-state index contributed by atoms with van der Waals surface area (Å²) in [5, 5.41) is 2.92. The molecule has 144 valence electrons. The van der Waals surface area contributed by atoms with Crippen LogP contribution in [0.4, 0.5) is 11.5 Å². The molecule has 0 aliphatic rings. The molecule has 0 unspecified atom stereocenters. The number of aryl methyl sites for hydroxylation is 2. The van der Waals surface area contributed by atoms with Crippen LogP contribution in [0.3, 0.4) is 0 Å². The van der Waals surface area contributed by atoms with E-state index in [4.69, 9.17) is 0 Å². The average molecular weight is 374 g/mol. The molecule has 0 aliphatic carbocycles. The number of carbonyl (C=O) groups is 1. The molecule has 2 aromatic carbocycles. The number of hydrogen-bond acceptors (Lipinski definition) is 4. The van der Waals surface area contributed by atoms with E-state index in [1.165, 1.54) is 11.8 Å². The van der Waals surface area contributed by atoms with E-state index in [0.717, 1.165) is 29.2 Å². The fourth-order valence-corrected chi connectivity index (χ4v) is 2.95. The van der Waals surface area contributed by atoms with Gasteiger partial charge in [-0.25, -0.2) is 9.97 Å². The Labute approximate surface area is 166 Å². The molecule has 1 N–H and O–H groups in total. The molecule has 0 saturated heterocycles. The van der Waals surface area contributed by atoms with Gasteiger partial charge in [-0.05, 0) is 50.5 Å². The molecule has 1 aromatic heterocycles. The van der Waals surface area contributed by atoms with Crippen molar-refractivity contribution in [1.29, 1.82) is 0 Å². The standard InChI is InChI=1S/C23H26N4O/c1-16(2)27(15-19-8-6-5-7-9-19)22-14-24-21(13-25-22)23(28)26-20-12-17(3)10-11-18(20)4/h5-14,16H,15H2,1-4H3,(H,26,28). The molecule has 5 nitrogen and oxygen atoms in total. The number of aromatic nitrogens is 2. The molecule has 0 spiro atoms. The van der Waals surface area contributed by atoms with Crippen molar-refractivity contribution in [3.05, 3.63) is 83.3 Å². The van der Waals surface area contributed by atoms with Gasteiger partial charge >= 0.3 is 0 Å². The maximum atomic E-state index is 12.6. The molecular weight excluding hydrogens is 348 g/mol. The minimum absolute atomic E-state index is 0.254. The van der Waals surface area contributed by atoms with Gasteiger partial charge in [-0.15, -0.1) is 0 Å². The summed E-state index contributed by atoms with van der Waals surface area (Å²) in [7, 11) is 0. The van der Waals surface area contributed by atoms with Crippen LogP contribution in [0.2, 0.25) is 0 Å². The molecule has 1 heterocycles. The maximum absolute atomic E-state index is 12.6.